The van der Waals surface area contributed by atoms with Crippen molar-refractivity contribution in [3.8, 4) is 0 Å². The van der Waals surface area contributed by atoms with Crippen molar-refractivity contribution in [1.82, 2.24) is 5.32 Å². The quantitative estimate of drug-likeness (QED) is 0.881. The molecule has 4 rings (SSSR count). The topological polar surface area (TPSA) is 38.3 Å². The normalized spacial score (nSPS) is 27.0. The van der Waals surface area contributed by atoms with Crippen LogP contribution in [0.15, 0.2) is 54.6 Å². The van der Waals surface area contributed by atoms with Gasteiger partial charge in [-0.3, -0.25) is 10.1 Å². The monoisotopic (exact) mass is 307 g/mol. The Morgan fingerprint density at radius 2 is 1.83 bits per heavy atom. The van der Waals surface area contributed by atoms with Crippen LogP contribution in [0.4, 0.5) is 0 Å². The van der Waals surface area contributed by atoms with Crippen molar-refractivity contribution in [3.05, 3.63) is 71.3 Å². The number of hydrogen-bond acceptors (Lipinski definition) is 3. The van der Waals surface area contributed by atoms with Gasteiger partial charge in [0, 0.05) is 12.0 Å². The molecule has 23 heavy (non-hydrogen) atoms. The van der Waals surface area contributed by atoms with Crippen LogP contribution in [0.25, 0.3) is 0 Å². The maximum atomic E-state index is 12.4. The fraction of sp³-hybridized carbons (Fsp3) is 0.350. The summed E-state index contributed by atoms with van der Waals surface area (Å²) in [5.41, 5.74) is 3.70. The van der Waals surface area contributed by atoms with E-state index >= 15 is 0 Å². The van der Waals surface area contributed by atoms with Crippen LogP contribution in [-0.2, 0) is 16.0 Å². The number of benzene rings is 2. The van der Waals surface area contributed by atoms with E-state index in [1.807, 2.05) is 24.3 Å². The molecule has 0 radical (unpaired) electrons. The molecule has 4 atom stereocenters. The molecule has 0 spiro atoms. The number of carbonyl (C=O) groups excluding carboxylic acids is 1. The molecule has 3 heteroatoms. The molecule has 1 N–H and O–H groups in total. The number of esters is 1. The Morgan fingerprint density at radius 3 is 2.65 bits per heavy atom. The van der Waals surface area contributed by atoms with Gasteiger partial charge >= 0.3 is 5.97 Å². The van der Waals surface area contributed by atoms with Gasteiger partial charge in [-0.2, -0.15) is 0 Å². The molecule has 0 amide bonds. The van der Waals surface area contributed by atoms with Gasteiger partial charge in [-0.15, -0.1) is 0 Å². The Bertz CT molecular complexity index is 713. The summed E-state index contributed by atoms with van der Waals surface area (Å²) in [5, 5.41) is 3.50. The second-order valence-electron chi connectivity index (χ2n) is 6.54. The van der Waals surface area contributed by atoms with Crippen LogP contribution in [0.2, 0.25) is 0 Å². The highest BCUT2D eigenvalue weighted by molar-refractivity contribution is 5.79. The number of nitrogens with one attached hydrogen (secondary N) is 1. The fourth-order valence-electron chi connectivity index (χ4n) is 3.91. The first kappa shape index (κ1) is 14.5. The van der Waals surface area contributed by atoms with E-state index in [4.69, 9.17) is 4.74 Å². The minimum Gasteiger partial charge on any atom is -0.456 e. The summed E-state index contributed by atoms with van der Waals surface area (Å²) in [4.78, 5) is 12.4. The minimum absolute atomic E-state index is 0.0899. The highest BCUT2D eigenvalue weighted by Gasteiger charge is 2.47. The highest BCUT2D eigenvalue weighted by Crippen LogP contribution is 2.44. The highest BCUT2D eigenvalue weighted by atomic mass is 16.6. The van der Waals surface area contributed by atoms with Crippen molar-refractivity contribution in [1.29, 1.82) is 0 Å². The van der Waals surface area contributed by atoms with Crippen LogP contribution in [0, 0.1) is 5.92 Å². The van der Waals surface area contributed by atoms with Crippen LogP contribution < -0.4 is 5.32 Å². The van der Waals surface area contributed by atoms with Gasteiger partial charge in [-0.25, -0.2) is 0 Å². The van der Waals surface area contributed by atoms with Gasteiger partial charge in [-0.1, -0.05) is 54.6 Å². The molecule has 1 aliphatic carbocycles. The van der Waals surface area contributed by atoms with E-state index in [9.17, 15) is 4.79 Å². The Morgan fingerprint density at radius 1 is 1.09 bits per heavy atom. The molecule has 0 unspecified atom stereocenters. The maximum absolute atomic E-state index is 12.4. The van der Waals surface area contributed by atoms with Crippen molar-refractivity contribution in [3.63, 3.8) is 0 Å². The lowest BCUT2D eigenvalue weighted by molar-refractivity contribution is -0.143. The fourth-order valence-corrected chi connectivity index (χ4v) is 3.91. The Labute approximate surface area is 136 Å². The molecule has 2 aliphatic rings. The van der Waals surface area contributed by atoms with Crippen LogP contribution in [0.5, 0.6) is 0 Å². The average molecular weight is 307 g/mol. The SMILES string of the molecule is C[C@@H](N[C@H]1C(=O)O[C@@H]2c3ccccc3CC[C@@H]21)c1ccccc1. The first-order chi connectivity index (χ1) is 11.2. The summed E-state index contributed by atoms with van der Waals surface area (Å²) in [6.07, 6.45) is 1.92. The lowest BCUT2D eigenvalue weighted by atomic mass is 9.79. The first-order valence-electron chi connectivity index (χ1n) is 8.33. The third kappa shape index (κ3) is 2.55. The van der Waals surface area contributed by atoms with Crippen molar-refractivity contribution in [2.24, 2.45) is 5.92 Å². The third-order valence-electron chi connectivity index (χ3n) is 5.15. The molecule has 118 valence electrons. The number of ether oxygens (including phenoxy) is 1. The van der Waals surface area contributed by atoms with Gasteiger partial charge in [0.05, 0.1) is 0 Å². The summed E-state index contributed by atoms with van der Waals surface area (Å²) >= 11 is 0. The summed E-state index contributed by atoms with van der Waals surface area (Å²) in [7, 11) is 0. The molecule has 3 nitrogen and oxygen atoms in total. The largest absolute Gasteiger partial charge is 0.456 e. The number of fused-ring (bicyclic) bond motifs is 3. The molecular formula is C20H21NO2. The Hall–Kier alpha value is -2.13. The van der Waals surface area contributed by atoms with Crippen molar-refractivity contribution >= 4 is 5.97 Å². The van der Waals surface area contributed by atoms with Gasteiger partial charge in [0.2, 0.25) is 0 Å². The van der Waals surface area contributed by atoms with E-state index in [1.165, 1.54) is 16.7 Å². The zero-order valence-corrected chi connectivity index (χ0v) is 13.2. The first-order valence-corrected chi connectivity index (χ1v) is 8.33. The van der Waals surface area contributed by atoms with E-state index in [2.05, 4.69) is 42.6 Å². The summed E-state index contributed by atoms with van der Waals surface area (Å²) < 4.78 is 5.74. The van der Waals surface area contributed by atoms with Crippen molar-refractivity contribution in [2.75, 3.05) is 0 Å². The zero-order valence-electron chi connectivity index (χ0n) is 13.2. The van der Waals surface area contributed by atoms with Crippen LogP contribution >= 0.6 is 0 Å². The van der Waals surface area contributed by atoms with Crippen LogP contribution in [0.1, 0.15) is 42.2 Å². The standard InChI is InChI=1S/C20H21NO2/c1-13(14-7-3-2-4-8-14)21-18-17-12-11-15-9-5-6-10-16(15)19(17)23-20(18)22/h2-10,13,17-19,21H,11-12H2,1H3/t13-,17-,18-,19-/m1/s1. The Kier molecular flexibility index (Phi) is 3.66. The number of rotatable bonds is 3. The van der Waals surface area contributed by atoms with Gasteiger partial charge in [0.15, 0.2) is 0 Å². The zero-order chi connectivity index (χ0) is 15.8. The smallest absolute Gasteiger partial charge is 0.324 e. The van der Waals surface area contributed by atoms with Gasteiger partial charge in [-0.05, 0) is 36.5 Å². The molecule has 0 bridgehead atoms. The molecule has 1 aliphatic heterocycles. The lowest BCUT2D eigenvalue weighted by Gasteiger charge is -2.29. The van der Waals surface area contributed by atoms with Gasteiger partial charge in [0.25, 0.3) is 0 Å². The summed E-state index contributed by atoms with van der Waals surface area (Å²) in [5.74, 6) is 0.114. The molecule has 0 aromatic heterocycles. The predicted octanol–water partition coefficient (Wildman–Crippen LogP) is 3.57. The maximum Gasteiger partial charge on any atom is 0.324 e. The van der Waals surface area contributed by atoms with Gasteiger partial charge < -0.3 is 4.74 Å². The second kappa shape index (κ2) is 5.82. The average Bonchev–Trinajstić information content (AvgIpc) is 2.92. The summed E-state index contributed by atoms with van der Waals surface area (Å²) in [6, 6.07) is 18.5. The van der Waals surface area contributed by atoms with E-state index in [0.717, 1.165) is 12.8 Å². The van der Waals surface area contributed by atoms with E-state index in [1.54, 1.807) is 0 Å². The Balaban J connectivity index is 1.56. The molecule has 1 fully saturated rings. The molecular weight excluding hydrogens is 286 g/mol. The number of aryl methyl sites for hydroxylation is 1. The number of carbonyl (C=O) groups is 1. The van der Waals surface area contributed by atoms with E-state index < -0.39 is 0 Å². The predicted molar refractivity (Wildman–Crippen MR) is 88.9 cm³/mol. The third-order valence-corrected chi connectivity index (χ3v) is 5.15. The van der Waals surface area contributed by atoms with Crippen LogP contribution in [-0.4, -0.2) is 12.0 Å². The molecule has 1 saturated heterocycles. The lowest BCUT2D eigenvalue weighted by Crippen LogP contribution is -2.41. The minimum atomic E-state index is -0.219. The molecule has 2 aromatic carbocycles. The van der Waals surface area contributed by atoms with E-state index in [-0.39, 0.29) is 30.1 Å². The van der Waals surface area contributed by atoms with Crippen LogP contribution in [0.3, 0.4) is 0 Å². The van der Waals surface area contributed by atoms with Crippen molar-refractivity contribution in [2.45, 2.75) is 38.0 Å². The van der Waals surface area contributed by atoms with E-state index in [0.29, 0.717) is 0 Å². The van der Waals surface area contributed by atoms with Crippen molar-refractivity contribution < 1.29 is 9.53 Å². The molecule has 2 aromatic rings. The summed E-state index contributed by atoms with van der Waals surface area (Å²) in [6.45, 7) is 2.10. The van der Waals surface area contributed by atoms with Gasteiger partial charge in [0.1, 0.15) is 12.1 Å². The molecule has 1 heterocycles. The second-order valence-corrected chi connectivity index (χ2v) is 6.54. The number of hydrogen-bond donors (Lipinski definition) is 1. The molecule has 0 saturated carbocycles.